The van der Waals surface area contributed by atoms with Gasteiger partial charge in [0, 0.05) is 59.6 Å². The molecule has 0 bridgehead atoms. The van der Waals surface area contributed by atoms with Crippen molar-refractivity contribution in [3.8, 4) is 22.3 Å². The number of para-hydroxylation sites is 1. The highest BCUT2D eigenvalue weighted by atomic mass is 32.1. The first kappa shape index (κ1) is 46.4. The predicted molar refractivity (Wildman–Crippen MR) is 324 cm³/mol. The minimum absolute atomic E-state index is 0.0171. The van der Waals surface area contributed by atoms with Crippen molar-refractivity contribution < 1.29 is 0 Å². The van der Waals surface area contributed by atoms with E-state index >= 15 is 0 Å². The summed E-state index contributed by atoms with van der Waals surface area (Å²) >= 11 is 1.97. The van der Waals surface area contributed by atoms with E-state index in [1.165, 1.54) is 149 Å². The fraction of sp³-hybridized carbons (Fsp3) is 0.239. The van der Waals surface area contributed by atoms with Gasteiger partial charge in [0.05, 0.1) is 5.69 Å². The lowest BCUT2D eigenvalue weighted by molar-refractivity contribution is 0.332. The molecule has 368 valence electrons. The van der Waals surface area contributed by atoms with Gasteiger partial charge in [0.2, 0.25) is 0 Å². The van der Waals surface area contributed by atoms with E-state index in [9.17, 15) is 0 Å². The largest absolute Gasteiger partial charge is 0.311 e. The zero-order valence-electron chi connectivity index (χ0n) is 45.5. The molecule has 0 saturated heterocycles. The quantitative estimate of drug-likeness (QED) is 0.162. The molecule has 0 amide bonds. The van der Waals surface area contributed by atoms with Gasteiger partial charge in [0.25, 0.3) is 6.71 Å². The van der Waals surface area contributed by atoms with Gasteiger partial charge in [-0.25, -0.2) is 0 Å². The molecule has 75 heavy (non-hydrogen) atoms. The van der Waals surface area contributed by atoms with Crippen molar-refractivity contribution in [3.05, 3.63) is 220 Å². The summed E-state index contributed by atoms with van der Waals surface area (Å²) < 4.78 is 2.69. The van der Waals surface area contributed by atoms with E-state index in [0.717, 1.165) is 6.42 Å². The summed E-state index contributed by atoms with van der Waals surface area (Å²) in [5.41, 5.74) is 28.7. The van der Waals surface area contributed by atoms with Gasteiger partial charge in [-0.2, -0.15) is 0 Å². The summed E-state index contributed by atoms with van der Waals surface area (Å²) in [5.74, 6) is 0. The minimum atomic E-state index is -0.244. The lowest BCUT2D eigenvalue weighted by atomic mass is 9.33. The van der Waals surface area contributed by atoms with Gasteiger partial charge in [-0.05, 0) is 175 Å². The Bertz CT molecular complexity index is 4050. The highest BCUT2D eigenvalue weighted by molar-refractivity contribution is 7.28. The number of benzene rings is 9. The first-order valence-electron chi connectivity index (χ1n) is 27.3. The number of hydrogen-bond acceptors (Lipinski definition) is 3. The average Bonchev–Trinajstić information content (AvgIpc) is 3.94. The van der Waals surface area contributed by atoms with Crippen molar-refractivity contribution in [2.75, 3.05) is 9.80 Å². The van der Waals surface area contributed by atoms with Gasteiger partial charge < -0.3 is 9.80 Å². The molecule has 3 heterocycles. The first-order valence-corrected chi connectivity index (χ1v) is 28.2. The van der Waals surface area contributed by atoms with Crippen LogP contribution in [0.25, 0.3) is 42.4 Å². The lowest BCUT2D eigenvalue weighted by Gasteiger charge is -2.49. The van der Waals surface area contributed by atoms with E-state index in [1.54, 1.807) is 0 Å². The van der Waals surface area contributed by atoms with Crippen molar-refractivity contribution in [3.63, 3.8) is 0 Å². The summed E-state index contributed by atoms with van der Waals surface area (Å²) in [6, 6.07) is 66.0. The van der Waals surface area contributed by atoms with Crippen molar-refractivity contribution in [1.82, 2.24) is 0 Å². The second-order valence-electron chi connectivity index (χ2n) is 24.9. The van der Waals surface area contributed by atoms with Crippen molar-refractivity contribution in [2.45, 2.75) is 111 Å². The Labute approximate surface area is 448 Å². The van der Waals surface area contributed by atoms with Crippen molar-refractivity contribution in [1.29, 1.82) is 0 Å². The Morgan fingerprint density at radius 3 is 1.67 bits per heavy atom. The fourth-order valence-corrected chi connectivity index (χ4v) is 15.9. The molecular weight excluding hydrogens is 924 g/mol. The number of nitrogens with zero attached hydrogens (tertiary/aromatic N) is 2. The van der Waals surface area contributed by atoms with Crippen LogP contribution in [0.5, 0.6) is 0 Å². The highest BCUT2D eigenvalue weighted by Gasteiger charge is 2.50. The number of rotatable bonds is 4. The number of anilines is 6. The molecule has 0 spiro atoms. The molecule has 2 aliphatic heterocycles. The lowest BCUT2D eigenvalue weighted by Crippen LogP contribution is -2.62. The highest BCUT2D eigenvalue weighted by Crippen LogP contribution is 2.56. The molecular formula is C71H65BN2S. The summed E-state index contributed by atoms with van der Waals surface area (Å²) in [6.45, 7) is 26.7. The second kappa shape index (κ2) is 15.9. The normalized spacial score (nSPS) is 17.0. The van der Waals surface area contributed by atoms with Gasteiger partial charge in [-0.15, -0.1) is 11.3 Å². The summed E-state index contributed by atoms with van der Waals surface area (Å²) in [4.78, 5) is 5.43. The maximum atomic E-state index is 2.76. The average molecular weight is 989 g/mol. The van der Waals surface area contributed by atoms with E-state index in [1.807, 2.05) is 11.3 Å². The van der Waals surface area contributed by atoms with Crippen LogP contribution in [0.2, 0.25) is 0 Å². The third kappa shape index (κ3) is 6.51. The van der Waals surface area contributed by atoms with E-state index in [4.69, 9.17) is 0 Å². The molecule has 14 rings (SSSR count). The van der Waals surface area contributed by atoms with E-state index in [-0.39, 0.29) is 28.4 Å². The van der Waals surface area contributed by atoms with Crippen LogP contribution in [0, 0.1) is 20.8 Å². The van der Waals surface area contributed by atoms with Crippen LogP contribution in [0.3, 0.4) is 0 Å². The predicted octanol–water partition coefficient (Wildman–Crippen LogP) is 17.7. The minimum Gasteiger partial charge on any atom is -0.311 e. The monoisotopic (exact) mass is 988 g/mol. The van der Waals surface area contributed by atoms with Crippen molar-refractivity contribution >= 4 is 88.7 Å². The third-order valence-electron chi connectivity index (χ3n) is 18.7. The Morgan fingerprint density at radius 1 is 0.400 bits per heavy atom. The fourth-order valence-electron chi connectivity index (χ4n) is 14.6. The number of aryl methyl sites for hydroxylation is 3. The number of thiophene rings is 1. The van der Waals surface area contributed by atoms with E-state index < -0.39 is 0 Å². The van der Waals surface area contributed by atoms with Crippen LogP contribution in [0.15, 0.2) is 170 Å². The summed E-state index contributed by atoms with van der Waals surface area (Å²) in [7, 11) is 0. The van der Waals surface area contributed by atoms with Gasteiger partial charge in [0.15, 0.2) is 0 Å². The Balaban J connectivity index is 1.19. The van der Waals surface area contributed by atoms with Gasteiger partial charge in [0.1, 0.15) is 0 Å². The van der Waals surface area contributed by atoms with Gasteiger partial charge in [-0.3, -0.25) is 0 Å². The molecule has 0 saturated carbocycles. The van der Waals surface area contributed by atoms with Crippen molar-refractivity contribution in [2.24, 2.45) is 0 Å². The number of hydrogen-bond donors (Lipinski definition) is 0. The zero-order chi connectivity index (χ0) is 51.7. The second-order valence-corrected chi connectivity index (χ2v) is 25.9. The van der Waals surface area contributed by atoms with Crippen LogP contribution in [-0.2, 0) is 21.7 Å². The Morgan fingerprint density at radius 2 is 0.973 bits per heavy atom. The molecule has 10 aromatic rings. The smallest absolute Gasteiger partial charge is 0.254 e. The summed E-state index contributed by atoms with van der Waals surface area (Å²) in [5, 5.41) is 2.65. The van der Waals surface area contributed by atoms with Crippen LogP contribution in [0.1, 0.15) is 118 Å². The zero-order valence-corrected chi connectivity index (χ0v) is 46.3. The molecule has 4 heteroatoms. The van der Waals surface area contributed by atoms with Gasteiger partial charge >= 0.3 is 0 Å². The molecule has 2 aliphatic carbocycles. The molecule has 1 aromatic heterocycles. The van der Waals surface area contributed by atoms with E-state index in [0.29, 0.717) is 0 Å². The Hall–Kier alpha value is -7.14. The molecule has 0 N–H and O–H groups in total. The number of fused-ring (bicyclic) bond motifs is 11. The molecule has 2 nitrogen and oxygen atoms in total. The molecule has 0 radical (unpaired) electrons. The third-order valence-corrected chi connectivity index (χ3v) is 20.0. The maximum Gasteiger partial charge on any atom is 0.254 e. The topological polar surface area (TPSA) is 6.48 Å². The molecule has 0 fully saturated rings. The van der Waals surface area contributed by atoms with Crippen LogP contribution in [-0.4, -0.2) is 6.71 Å². The molecule has 0 atom stereocenters. The first-order chi connectivity index (χ1) is 36.0. The Kier molecular flexibility index (Phi) is 9.87. The molecule has 9 aromatic carbocycles. The van der Waals surface area contributed by atoms with Crippen LogP contribution >= 0.6 is 11.3 Å². The molecule has 4 aliphatic rings. The maximum absolute atomic E-state index is 2.76. The van der Waals surface area contributed by atoms with Gasteiger partial charge in [-0.1, -0.05) is 183 Å². The van der Waals surface area contributed by atoms with E-state index in [2.05, 4.69) is 256 Å². The SMILES string of the molecule is Cc1cc2c(cc1N1c3cc4c(cc3B3c5c1cc(-c1c(C)cccc1C)cc5N(c1ccccc1-c1ccccc1)c1ccc5c(sc6ccccc65)c13)C(C)(C)c1ccccc1C4(C)C)C(C)(C)CCC2(C)C. The van der Waals surface area contributed by atoms with Crippen LogP contribution in [0.4, 0.5) is 34.1 Å². The summed E-state index contributed by atoms with van der Waals surface area (Å²) in [6.07, 6.45) is 2.33. The standard InChI is InChI=1S/C71H65BN2S/c1-42-22-21-23-43(2)64(42)46-37-61-65-62(38-46)74(59-40-53-52(36-44(59)3)68(4,5)34-35-69(53,6)7)60-41-55-54(70(8,9)50-28-17-18-29-51(50)71(55,10)11)39-56(60)72(65)66-58(33-32-49-48-27-16-20-31-63(48)75-67(49)66)73(61)57-30-19-15-26-47(57)45-24-13-12-14-25-45/h12-33,36-41H,34-35H2,1-11H3. The molecule has 0 unspecified atom stereocenters. The van der Waals surface area contributed by atoms with Crippen LogP contribution < -0.4 is 26.2 Å².